The number of rotatable bonds is 6. The fraction of sp³-hybridized carbons (Fsp3) is 0.500. The number of fused-ring (bicyclic) bond motifs is 1. The van der Waals surface area contributed by atoms with Crippen molar-refractivity contribution in [2.24, 2.45) is 5.73 Å². The van der Waals surface area contributed by atoms with Gasteiger partial charge < -0.3 is 15.7 Å². The molecule has 1 saturated heterocycles. The monoisotopic (exact) mass is 556 g/mol. The lowest BCUT2D eigenvalue weighted by Gasteiger charge is -2.32. The van der Waals surface area contributed by atoms with Crippen molar-refractivity contribution < 1.29 is 32.7 Å². The standard InChI is InChI=1S/C24H30N2O2S2.C2HF3O2/c1-2-13-29-24-21-19(7-4-8-20(21)27)22(30-24)23(28)26-11-9-17(10-12-26)18-6-3-5-16(14-18)15-25;3-2(4,5)1(6)7/h3,5-6,14,17H,2,4,7-13,15,25H2,1H3;(H,6,7). The van der Waals surface area contributed by atoms with Crippen LogP contribution in [0.4, 0.5) is 13.2 Å². The number of alkyl halides is 3. The molecule has 37 heavy (non-hydrogen) atoms. The highest BCUT2D eigenvalue weighted by Crippen LogP contribution is 2.41. The Morgan fingerprint density at radius 3 is 2.49 bits per heavy atom. The lowest BCUT2D eigenvalue weighted by atomic mass is 9.88. The number of carboxylic acids is 1. The summed E-state index contributed by atoms with van der Waals surface area (Å²) in [5.41, 5.74) is 10.2. The van der Waals surface area contributed by atoms with E-state index in [1.165, 1.54) is 5.56 Å². The second kappa shape index (κ2) is 12.9. The zero-order valence-corrected chi connectivity index (χ0v) is 22.2. The molecule has 6 nitrogen and oxygen atoms in total. The fourth-order valence-corrected chi connectivity index (χ4v) is 7.09. The van der Waals surface area contributed by atoms with Crippen molar-refractivity contribution >= 4 is 40.8 Å². The van der Waals surface area contributed by atoms with Crippen LogP contribution in [0.2, 0.25) is 0 Å². The van der Waals surface area contributed by atoms with E-state index in [0.717, 1.165) is 76.7 Å². The minimum Gasteiger partial charge on any atom is -0.475 e. The maximum Gasteiger partial charge on any atom is 0.490 e. The van der Waals surface area contributed by atoms with Crippen molar-refractivity contribution in [1.82, 2.24) is 4.90 Å². The molecule has 1 aliphatic carbocycles. The van der Waals surface area contributed by atoms with E-state index in [1.54, 1.807) is 23.1 Å². The molecule has 0 radical (unpaired) electrons. The Morgan fingerprint density at radius 1 is 1.22 bits per heavy atom. The van der Waals surface area contributed by atoms with Crippen LogP contribution in [0, 0.1) is 0 Å². The van der Waals surface area contributed by atoms with Gasteiger partial charge in [0.05, 0.1) is 9.09 Å². The van der Waals surface area contributed by atoms with Gasteiger partial charge in [0.15, 0.2) is 5.78 Å². The summed E-state index contributed by atoms with van der Waals surface area (Å²) in [7, 11) is 0. The van der Waals surface area contributed by atoms with Crippen LogP contribution in [0.5, 0.6) is 0 Å². The highest BCUT2D eigenvalue weighted by atomic mass is 32.2. The Labute approximate surface area is 222 Å². The quantitative estimate of drug-likeness (QED) is 0.431. The summed E-state index contributed by atoms with van der Waals surface area (Å²) in [6.07, 6.45) is 0.263. The number of carboxylic acid groups (broad SMARTS) is 1. The van der Waals surface area contributed by atoms with E-state index in [1.807, 2.05) is 4.90 Å². The van der Waals surface area contributed by atoms with Gasteiger partial charge in [-0.25, -0.2) is 4.79 Å². The van der Waals surface area contributed by atoms with E-state index in [-0.39, 0.29) is 11.7 Å². The summed E-state index contributed by atoms with van der Waals surface area (Å²) >= 11 is 3.30. The van der Waals surface area contributed by atoms with Crippen LogP contribution in [0.3, 0.4) is 0 Å². The summed E-state index contributed by atoms with van der Waals surface area (Å²) in [5.74, 6) is -0.934. The molecule has 1 aromatic heterocycles. The number of nitrogens with zero attached hydrogens (tertiary/aromatic N) is 1. The highest BCUT2D eigenvalue weighted by Gasteiger charge is 2.38. The number of carbonyl (C=O) groups is 3. The third kappa shape index (κ3) is 7.36. The number of benzene rings is 1. The Balaban J connectivity index is 0.000000479. The molecular formula is C26H31F3N2O4S2. The van der Waals surface area contributed by atoms with Gasteiger partial charge in [0, 0.05) is 31.6 Å². The number of piperidine rings is 1. The Morgan fingerprint density at radius 2 is 1.89 bits per heavy atom. The molecule has 4 rings (SSSR count). The van der Waals surface area contributed by atoms with Crippen LogP contribution < -0.4 is 5.73 Å². The maximum atomic E-state index is 13.4. The van der Waals surface area contributed by atoms with Gasteiger partial charge in [-0.15, -0.1) is 23.1 Å². The van der Waals surface area contributed by atoms with Crippen LogP contribution in [0.25, 0.3) is 0 Å². The van der Waals surface area contributed by atoms with E-state index >= 15 is 0 Å². The molecule has 1 aromatic carbocycles. The Bertz CT molecular complexity index is 1130. The fourth-order valence-electron chi connectivity index (χ4n) is 4.52. The number of aliphatic carboxylic acids is 1. The molecule has 0 unspecified atom stereocenters. The van der Waals surface area contributed by atoms with Gasteiger partial charge in [-0.05, 0) is 60.5 Å². The molecule has 2 aliphatic rings. The van der Waals surface area contributed by atoms with Crippen molar-refractivity contribution in [2.45, 2.75) is 68.3 Å². The van der Waals surface area contributed by atoms with E-state index < -0.39 is 12.1 Å². The number of nitrogens with two attached hydrogens (primary N) is 1. The summed E-state index contributed by atoms with van der Waals surface area (Å²) in [6.45, 7) is 4.25. The van der Waals surface area contributed by atoms with Crippen molar-refractivity contribution in [3.05, 3.63) is 51.4 Å². The first kappa shape index (κ1) is 29.2. The van der Waals surface area contributed by atoms with E-state index in [9.17, 15) is 22.8 Å². The van der Waals surface area contributed by atoms with E-state index in [0.29, 0.717) is 18.9 Å². The summed E-state index contributed by atoms with van der Waals surface area (Å²) in [5, 5.41) is 7.12. The molecular weight excluding hydrogens is 525 g/mol. The average molecular weight is 557 g/mol. The molecule has 3 N–H and O–H groups in total. The van der Waals surface area contributed by atoms with Crippen molar-refractivity contribution in [1.29, 1.82) is 0 Å². The van der Waals surface area contributed by atoms with Gasteiger partial charge in [0.1, 0.15) is 0 Å². The molecule has 1 aliphatic heterocycles. The summed E-state index contributed by atoms with van der Waals surface area (Å²) in [4.78, 5) is 37.7. The summed E-state index contributed by atoms with van der Waals surface area (Å²) in [6, 6.07) is 8.54. The maximum absolute atomic E-state index is 13.4. The normalized spacial score (nSPS) is 16.1. The molecule has 0 atom stereocenters. The number of thioether (sulfide) groups is 1. The average Bonchev–Trinajstić information content (AvgIpc) is 3.26. The number of ketones is 1. The molecule has 0 saturated carbocycles. The van der Waals surface area contributed by atoms with Gasteiger partial charge >= 0.3 is 12.1 Å². The van der Waals surface area contributed by atoms with Gasteiger partial charge in [-0.1, -0.05) is 31.2 Å². The number of carbonyl (C=O) groups excluding carboxylic acids is 2. The zero-order valence-electron chi connectivity index (χ0n) is 20.6. The minimum atomic E-state index is -5.08. The predicted octanol–water partition coefficient (Wildman–Crippen LogP) is 5.88. The Kier molecular flexibility index (Phi) is 10.2. The van der Waals surface area contributed by atoms with Crippen LogP contribution in [0.15, 0.2) is 28.5 Å². The van der Waals surface area contributed by atoms with Crippen molar-refractivity contribution in [3.63, 3.8) is 0 Å². The van der Waals surface area contributed by atoms with Crippen molar-refractivity contribution in [3.8, 4) is 0 Å². The zero-order chi connectivity index (χ0) is 27.2. The second-order valence-corrected chi connectivity index (χ2v) is 11.4. The first-order valence-corrected chi connectivity index (χ1v) is 14.1. The van der Waals surface area contributed by atoms with Gasteiger partial charge in [-0.2, -0.15) is 13.2 Å². The van der Waals surface area contributed by atoms with Crippen LogP contribution >= 0.6 is 23.1 Å². The lowest BCUT2D eigenvalue weighted by Crippen LogP contribution is -2.38. The number of amides is 1. The number of hydrogen-bond donors (Lipinski definition) is 2. The third-order valence-corrected chi connectivity index (χ3v) is 9.10. The van der Waals surface area contributed by atoms with Crippen LogP contribution in [-0.4, -0.2) is 52.7 Å². The molecule has 202 valence electrons. The number of Topliss-reactive ketones (excluding diaryl/α,β-unsaturated/α-hetero) is 1. The van der Waals surface area contributed by atoms with Crippen LogP contribution in [-0.2, 0) is 17.8 Å². The second-order valence-electron chi connectivity index (χ2n) is 9.02. The van der Waals surface area contributed by atoms with E-state index in [4.69, 9.17) is 15.6 Å². The molecule has 1 fully saturated rings. The van der Waals surface area contributed by atoms with Gasteiger partial charge in [-0.3, -0.25) is 9.59 Å². The molecule has 2 aromatic rings. The number of halogens is 3. The molecule has 0 spiro atoms. The molecule has 2 heterocycles. The van der Waals surface area contributed by atoms with Gasteiger partial charge in [0.2, 0.25) is 0 Å². The van der Waals surface area contributed by atoms with Crippen LogP contribution in [0.1, 0.15) is 81.7 Å². The number of thiophene rings is 1. The van der Waals surface area contributed by atoms with Crippen molar-refractivity contribution in [2.75, 3.05) is 18.8 Å². The third-order valence-electron chi connectivity index (χ3n) is 6.40. The molecule has 1 amide bonds. The Hall–Kier alpha value is -2.37. The smallest absolute Gasteiger partial charge is 0.475 e. The highest BCUT2D eigenvalue weighted by molar-refractivity contribution is 8.01. The van der Waals surface area contributed by atoms with Gasteiger partial charge in [0.25, 0.3) is 5.91 Å². The summed E-state index contributed by atoms with van der Waals surface area (Å²) < 4.78 is 32.8. The number of hydrogen-bond acceptors (Lipinski definition) is 6. The first-order valence-electron chi connectivity index (χ1n) is 12.3. The SMILES string of the molecule is CCCSc1sc(C(=O)N2CCC(c3cccc(CN)c3)CC2)c2c1C(=O)CCC2.O=C(O)C(F)(F)F. The van der Waals surface area contributed by atoms with E-state index in [2.05, 4.69) is 31.2 Å². The molecule has 11 heteroatoms. The predicted molar refractivity (Wildman–Crippen MR) is 139 cm³/mol. The lowest BCUT2D eigenvalue weighted by molar-refractivity contribution is -0.192. The number of likely N-dealkylation sites (tertiary alicyclic amines) is 1. The largest absolute Gasteiger partial charge is 0.490 e. The molecule has 0 bridgehead atoms. The first-order chi connectivity index (χ1) is 17.6. The minimum absolute atomic E-state index is 0.128. The topological polar surface area (TPSA) is 101 Å².